The summed E-state index contributed by atoms with van der Waals surface area (Å²) >= 11 is 0. The van der Waals surface area contributed by atoms with Gasteiger partial charge in [0, 0.05) is 0 Å². The Labute approximate surface area is 163 Å². The summed E-state index contributed by atoms with van der Waals surface area (Å²) in [5.41, 5.74) is 2.92. The van der Waals surface area contributed by atoms with Gasteiger partial charge in [0.15, 0.2) is 0 Å². The Hall–Kier alpha value is -2.29. The summed E-state index contributed by atoms with van der Waals surface area (Å²) in [6, 6.07) is 15.4. The molecule has 2 aromatic rings. The number of unbranched alkanes of at least 4 members (excludes halogenated alkanes) is 3. The molecule has 0 atom stereocenters. The van der Waals surface area contributed by atoms with Crippen molar-refractivity contribution in [3.05, 3.63) is 65.2 Å². The van der Waals surface area contributed by atoms with Crippen molar-refractivity contribution in [3.63, 3.8) is 0 Å². The van der Waals surface area contributed by atoms with Crippen LogP contribution in [0.15, 0.2) is 48.5 Å². The number of carbonyl (C=O) groups is 1. The number of carbonyl (C=O) groups excluding carboxylic acids is 1. The summed E-state index contributed by atoms with van der Waals surface area (Å²) in [6.45, 7) is 9.73. The van der Waals surface area contributed by atoms with Gasteiger partial charge in [0.2, 0.25) is 0 Å². The van der Waals surface area contributed by atoms with E-state index >= 15 is 0 Å². The molecule has 0 aliphatic carbocycles. The van der Waals surface area contributed by atoms with Crippen LogP contribution >= 0.6 is 0 Å². The molecule has 0 heterocycles. The van der Waals surface area contributed by atoms with E-state index < -0.39 is 0 Å². The predicted octanol–water partition coefficient (Wildman–Crippen LogP) is 6.30. The van der Waals surface area contributed by atoms with Crippen molar-refractivity contribution in [1.29, 1.82) is 0 Å². The highest BCUT2D eigenvalue weighted by atomic mass is 16.5. The van der Waals surface area contributed by atoms with E-state index in [0.717, 1.165) is 17.7 Å². The molecule has 0 saturated carbocycles. The predicted molar refractivity (Wildman–Crippen MR) is 110 cm³/mol. The second-order valence-corrected chi connectivity index (χ2v) is 7.96. The lowest BCUT2D eigenvalue weighted by atomic mass is 9.87. The van der Waals surface area contributed by atoms with Gasteiger partial charge in [0.1, 0.15) is 12.4 Å². The molecule has 0 fully saturated rings. The minimum Gasteiger partial charge on any atom is -0.494 e. The third-order valence-corrected chi connectivity index (χ3v) is 4.55. The average Bonchev–Trinajstić information content (AvgIpc) is 2.66. The van der Waals surface area contributed by atoms with Crippen molar-refractivity contribution < 1.29 is 14.3 Å². The molecule has 0 radical (unpaired) electrons. The molecule has 0 amide bonds. The van der Waals surface area contributed by atoms with Crippen LogP contribution in [0.5, 0.6) is 5.75 Å². The Bertz CT molecular complexity index is 694. The maximum Gasteiger partial charge on any atom is 0.338 e. The SMILES string of the molecule is CCCCCCOc1ccc(C(=O)OCc2ccc(C(C)(C)C)cc2)cc1. The first-order valence-corrected chi connectivity index (χ1v) is 9.89. The van der Waals surface area contributed by atoms with E-state index in [2.05, 4.69) is 39.8 Å². The van der Waals surface area contributed by atoms with Crippen LogP contribution in [-0.2, 0) is 16.8 Å². The van der Waals surface area contributed by atoms with Crippen molar-refractivity contribution in [2.75, 3.05) is 6.61 Å². The van der Waals surface area contributed by atoms with Crippen LogP contribution in [0.1, 0.15) is 74.9 Å². The first-order valence-electron chi connectivity index (χ1n) is 9.89. The zero-order chi connectivity index (χ0) is 19.7. The lowest BCUT2D eigenvalue weighted by Crippen LogP contribution is -2.11. The molecule has 146 valence electrons. The monoisotopic (exact) mass is 368 g/mol. The van der Waals surface area contributed by atoms with Crippen molar-refractivity contribution >= 4 is 5.97 Å². The Balaban J connectivity index is 1.80. The molecule has 2 aromatic carbocycles. The third kappa shape index (κ3) is 7.09. The van der Waals surface area contributed by atoms with E-state index in [1.807, 2.05) is 24.3 Å². The third-order valence-electron chi connectivity index (χ3n) is 4.55. The molecule has 0 N–H and O–H groups in total. The van der Waals surface area contributed by atoms with Crippen LogP contribution in [0.4, 0.5) is 0 Å². The lowest BCUT2D eigenvalue weighted by molar-refractivity contribution is 0.0472. The summed E-state index contributed by atoms with van der Waals surface area (Å²) < 4.78 is 11.1. The first kappa shape index (κ1) is 21.0. The van der Waals surface area contributed by atoms with Gasteiger partial charge < -0.3 is 9.47 Å². The van der Waals surface area contributed by atoms with Crippen LogP contribution in [0.3, 0.4) is 0 Å². The summed E-state index contributed by atoms with van der Waals surface area (Å²) in [7, 11) is 0. The van der Waals surface area contributed by atoms with Gasteiger partial charge in [0.25, 0.3) is 0 Å². The van der Waals surface area contributed by atoms with Gasteiger partial charge in [-0.2, -0.15) is 0 Å². The molecule has 2 rings (SSSR count). The van der Waals surface area contributed by atoms with E-state index in [1.54, 1.807) is 12.1 Å². The second kappa shape index (κ2) is 10.1. The van der Waals surface area contributed by atoms with Gasteiger partial charge >= 0.3 is 5.97 Å². The number of ether oxygens (including phenoxy) is 2. The number of hydrogen-bond donors (Lipinski definition) is 0. The van der Waals surface area contributed by atoms with Crippen LogP contribution in [0.2, 0.25) is 0 Å². The highest BCUT2D eigenvalue weighted by Gasteiger charge is 2.13. The fourth-order valence-electron chi connectivity index (χ4n) is 2.74. The highest BCUT2D eigenvalue weighted by molar-refractivity contribution is 5.89. The fourth-order valence-corrected chi connectivity index (χ4v) is 2.74. The van der Waals surface area contributed by atoms with E-state index in [-0.39, 0.29) is 18.0 Å². The molecule has 0 aliphatic heterocycles. The highest BCUT2D eigenvalue weighted by Crippen LogP contribution is 2.22. The van der Waals surface area contributed by atoms with Crippen molar-refractivity contribution in [3.8, 4) is 5.75 Å². The molecule has 27 heavy (non-hydrogen) atoms. The molecule has 0 spiro atoms. The Morgan fingerprint density at radius 1 is 0.889 bits per heavy atom. The van der Waals surface area contributed by atoms with Gasteiger partial charge in [-0.1, -0.05) is 71.2 Å². The zero-order valence-electron chi connectivity index (χ0n) is 17.1. The van der Waals surface area contributed by atoms with Gasteiger partial charge in [-0.05, 0) is 47.2 Å². The number of hydrogen-bond acceptors (Lipinski definition) is 3. The maximum absolute atomic E-state index is 12.2. The van der Waals surface area contributed by atoms with E-state index in [0.29, 0.717) is 12.2 Å². The normalized spacial score (nSPS) is 11.3. The van der Waals surface area contributed by atoms with Gasteiger partial charge in [-0.25, -0.2) is 4.79 Å². The van der Waals surface area contributed by atoms with E-state index in [9.17, 15) is 4.79 Å². The van der Waals surface area contributed by atoms with Gasteiger partial charge in [0.05, 0.1) is 12.2 Å². The molecule has 3 heteroatoms. The summed E-state index contributed by atoms with van der Waals surface area (Å²) in [5.74, 6) is 0.477. The minimum atomic E-state index is -0.315. The largest absolute Gasteiger partial charge is 0.494 e. The van der Waals surface area contributed by atoms with Crippen LogP contribution in [-0.4, -0.2) is 12.6 Å². The maximum atomic E-state index is 12.2. The van der Waals surface area contributed by atoms with Gasteiger partial charge in [-0.15, -0.1) is 0 Å². The standard InChI is InChI=1S/C24H32O3/c1-5-6-7-8-17-26-22-15-11-20(12-16-22)23(25)27-18-19-9-13-21(14-10-19)24(2,3)4/h9-16H,5-8,17-18H2,1-4H3. The molecule has 0 aromatic heterocycles. The molecule has 3 nitrogen and oxygen atoms in total. The second-order valence-electron chi connectivity index (χ2n) is 7.96. The van der Waals surface area contributed by atoms with Crippen molar-refractivity contribution in [2.24, 2.45) is 0 Å². The number of rotatable bonds is 9. The van der Waals surface area contributed by atoms with Gasteiger partial charge in [-0.3, -0.25) is 0 Å². The summed E-state index contributed by atoms with van der Waals surface area (Å²) in [4.78, 5) is 12.2. The topological polar surface area (TPSA) is 35.5 Å². The molecule has 0 saturated heterocycles. The van der Waals surface area contributed by atoms with Crippen LogP contribution in [0.25, 0.3) is 0 Å². The molecular formula is C24H32O3. The Kier molecular flexibility index (Phi) is 7.90. The van der Waals surface area contributed by atoms with Crippen LogP contribution in [0, 0.1) is 0 Å². The smallest absolute Gasteiger partial charge is 0.338 e. The zero-order valence-corrected chi connectivity index (χ0v) is 17.1. The quantitative estimate of drug-likeness (QED) is 0.385. The van der Waals surface area contributed by atoms with E-state index in [1.165, 1.54) is 24.8 Å². The first-order chi connectivity index (χ1) is 12.9. The molecule has 0 aliphatic rings. The van der Waals surface area contributed by atoms with Crippen molar-refractivity contribution in [2.45, 2.75) is 65.4 Å². The van der Waals surface area contributed by atoms with Crippen molar-refractivity contribution in [1.82, 2.24) is 0 Å². The lowest BCUT2D eigenvalue weighted by Gasteiger charge is -2.19. The Morgan fingerprint density at radius 2 is 1.56 bits per heavy atom. The fraction of sp³-hybridized carbons (Fsp3) is 0.458. The summed E-state index contributed by atoms with van der Waals surface area (Å²) in [5, 5.41) is 0. The number of benzene rings is 2. The number of esters is 1. The average molecular weight is 369 g/mol. The molecule has 0 unspecified atom stereocenters. The molecular weight excluding hydrogens is 336 g/mol. The molecule has 0 bridgehead atoms. The summed E-state index contributed by atoms with van der Waals surface area (Å²) in [6.07, 6.45) is 4.72. The minimum absolute atomic E-state index is 0.120. The van der Waals surface area contributed by atoms with E-state index in [4.69, 9.17) is 9.47 Å². The Morgan fingerprint density at radius 3 is 2.15 bits per heavy atom. The van der Waals surface area contributed by atoms with Crippen LogP contribution < -0.4 is 4.74 Å².